The van der Waals surface area contributed by atoms with Crippen LogP contribution in [0.5, 0.6) is 23.0 Å². The summed E-state index contributed by atoms with van der Waals surface area (Å²) >= 11 is 0.988. The predicted octanol–water partition coefficient (Wildman–Crippen LogP) is 4.43. The van der Waals surface area contributed by atoms with E-state index in [1.54, 1.807) is 49.9 Å². The van der Waals surface area contributed by atoms with Crippen LogP contribution in [0.25, 0.3) is 0 Å². The fourth-order valence-corrected chi connectivity index (χ4v) is 10.1. The van der Waals surface area contributed by atoms with E-state index in [4.69, 9.17) is 9.47 Å². The van der Waals surface area contributed by atoms with Gasteiger partial charge in [-0.25, -0.2) is 9.16 Å². The Bertz CT molecular complexity index is 2600. The Morgan fingerprint density at radius 3 is 1.69 bits per heavy atom. The molecule has 1 fully saturated rings. The Balaban J connectivity index is 0.0000112. The molecule has 3 aliphatic rings. The van der Waals surface area contributed by atoms with Crippen LogP contribution in [0.2, 0.25) is 0 Å². The van der Waals surface area contributed by atoms with Crippen molar-refractivity contribution in [3.05, 3.63) is 76.9 Å². The van der Waals surface area contributed by atoms with Crippen molar-refractivity contribution in [2.45, 2.75) is 88.7 Å². The number of ether oxygens (including phenoxy) is 2. The number of unbranched alkanes of at least 4 members (excludes halogenated alkanes) is 9. The second-order valence-electron chi connectivity index (χ2n) is 19.4. The van der Waals surface area contributed by atoms with Crippen LogP contribution in [0.3, 0.4) is 0 Å². The molecule has 3 aromatic carbocycles. The minimum absolute atomic E-state index is 0. The molecule has 1 saturated heterocycles. The third kappa shape index (κ3) is 19.3. The maximum Gasteiger partial charge on any atom is 3.00 e. The average molecular weight is 1240 g/mol. The van der Waals surface area contributed by atoms with Crippen molar-refractivity contribution in [3.8, 4) is 23.0 Å². The van der Waals surface area contributed by atoms with Crippen LogP contribution in [0.4, 0.5) is 5.69 Å². The number of esters is 1. The molecule has 78 heavy (non-hydrogen) atoms. The van der Waals surface area contributed by atoms with Gasteiger partial charge in [0.2, 0.25) is 11.8 Å². The van der Waals surface area contributed by atoms with Gasteiger partial charge in [0.1, 0.15) is 35.3 Å². The number of isothiocyanates is 1. The summed E-state index contributed by atoms with van der Waals surface area (Å²) < 4.78 is 16.6. The minimum atomic E-state index is -1.41. The Hall–Kier alpha value is -5.69. The number of phenols is 2. The van der Waals surface area contributed by atoms with Gasteiger partial charge in [0, 0.05) is 105 Å². The zero-order valence-corrected chi connectivity index (χ0v) is 46.7. The number of aliphatic carboxylic acids is 3. The van der Waals surface area contributed by atoms with Crippen LogP contribution in [0.1, 0.15) is 104 Å². The van der Waals surface area contributed by atoms with E-state index in [0.717, 1.165) is 68.8 Å². The molecule has 3 aromatic rings. The monoisotopic (exact) mass is 1240 g/mol. The number of aromatic hydroxyl groups is 2. The van der Waals surface area contributed by atoms with E-state index in [2.05, 4.69) is 25.1 Å². The van der Waals surface area contributed by atoms with E-state index in [0.29, 0.717) is 61.2 Å². The van der Waals surface area contributed by atoms with Crippen LogP contribution in [-0.2, 0) is 50.3 Å². The normalized spacial score (nSPS) is 15.9. The van der Waals surface area contributed by atoms with Crippen LogP contribution in [-0.4, -0.2) is 190 Å². The smallest absolute Gasteiger partial charge is 0.508 e. The molecular weight excluding hydrogens is 1170 g/mol. The van der Waals surface area contributed by atoms with Crippen molar-refractivity contribution in [2.75, 3.05) is 91.6 Å². The summed E-state index contributed by atoms with van der Waals surface area (Å²) in [6, 6.07) is 13.2. The first-order valence-corrected chi connectivity index (χ1v) is 27.0. The topological polar surface area (TPSA) is 301 Å². The van der Waals surface area contributed by atoms with E-state index < -0.39 is 41.4 Å². The zero-order chi connectivity index (χ0) is 55.2. The Morgan fingerprint density at radius 1 is 0.667 bits per heavy atom. The number of carboxylic acid groups (broad SMARTS) is 3. The summed E-state index contributed by atoms with van der Waals surface area (Å²) in [5, 5.41) is 57.9. The van der Waals surface area contributed by atoms with Crippen molar-refractivity contribution >= 4 is 64.0 Å². The molecule has 3 heterocycles. The number of nitrogens with zero attached hydrogens (tertiary/aromatic N) is 6. The number of nitrogens with one attached hydrogen (secondary N) is 2. The number of fused-ring (bicyclic) bond motifs is 6. The first-order chi connectivity index (χ1) is 37.1. The summed E-state index contributed by atoms with van der Waals surface area (Å²) in [5.74, 6) is -4.10. The van der Waals surface area contributed by atoms with Gasteiger partial charge in [-0.3, -0.25) is 43.6 Å². The number of benzene rings is 3. The van der Waals surface area contributed by atoms with Gasteiger partial charge in [-0.15, -0.1) is 0 Å². The number of carbonyl (C=O) groups excluding carboxylic acids is 4. The maximum atomic E-state index is 13.8. The number of aliphatic imine (C=N–C) groups is 1. The summed E-state index contributed by atoms with van der Waals surface area (Å²) in [4.78, 5) is 97.9. The Kier molecular flexibility index (Phi) is 26.2. The molecule has 22 nitrogen and oxygen atoms in total. The Morgan fingerprint density at radius 2 is 1.17 bits per heavy atom. The largest absolute Gasteiger partial charge is 3.00 e. The number of aldehydes is 1. The van der Waals surface area contributed by atoms with Gasteiger partial charge in [-0.05, 0) is 68.5 Å². The Labute approximate surface area is 488 Å². The molecule has 1 atom stereocenters. The fraction of sp³-hybridized carbons (Fsp3) is 0.519. The first-order valence-electron chi connectivity index (χ1n) is 26.2. The van der Waals surface area contributed by atoms with Crippen LogP contribution >= 0.6 is 0 Å². The molecular formula is C54H70GdN8O14S+3. The number of hydrogen-bond donors (Lipinski definition) is 7. The summed E-state index contributed by atoms with van der Waals surface area (Å²) in [7, 11) is 0. The molecule has 1 radical (unpaired) electrons. The van der Waals surface area contributed by atoms with Crippen molar-refractivity contribution in [3.63, 3.8) is 0 Å². The predicted molar refractivity (Wildman–Crippen MR) is 285 cm³/mol. The average Bonchev–Trinajstić information content (AvgIpc) is 3.93. The molecule has 0 aliphatic carbocycles. The number of hydrogen-bond acceptors (Lipinski definition) is 17. The molecule has 6 rings (SSSR count). The quantitative estimate of drug-likeness (QED) is 0.0183. The standard InChI is InChI=1S/C54H70N8O14S.Gd/c63-29-11-7-5-3-1-2-4-6-9-19-55-52(73)45(58-48(66)33-59-21-23-60(34-49(67)68)25-27-62(36-51(71)72)28-26-61(24-22-59)35-50(69)70)12-8-10-20-57-77-37-56-38-13-16-42-41(30-38)53(74)76-54(42)43-17-14-39(64)31-46(43)75-47-32-40(65)15-18-44(47)54;/h13-18,29-32,45,64-65H,1-12,19-28,33-36H2,(H,55,73)(H,58,66)(H,67,68)(H,69,70)(H,71,72);/q;+3. The molecule has 1 spiro atoms. The number of amides is 2. The second-order valence-corrected chi connectivity index (χ2v) is 20.0. The van der Waals surface area contributed by atoms with Crippen LogP contribution in [0.15, 0.2) is 64.0 Å². The number of carboxylic acids is 3. The second kappa shape index (κ2) is 32.4. The van der Waals surface area contributed by atoms with E-state index >= 15 is 0 Å². The van der Waals surface area contributed by atoms with Crippen molar-refractivity contribution in [1.29, 1.82) is 0 Å². The van der Waals surface area contributed by atoms with Crippen molar-refractivity contribution < 1.29 is 109 Å². The molecule has 2 amide bonds. The van der Waals surface area contributed by atoms with Gasteiger partial charge < -0.3 is 50.4 Å². The van der Waals surface area contributed by atoms with E-state index in [1.165, 1.54) is 24.3 Å². The van der Waals surface area contributed by atoms with Gasteiger partial charge in [0.25, 0.3) is 0 Å². The van der Waals surface area contributed by atoms with E-state index in [-0.39, 0.29) is 153 Å². The van der Waals surface area contributed by atoms with Gasteiger partial charge in [-0.1, -0.05) is 44.6 Å². The molecule has 0 aromatic heterocycles. The molecule has 7 N–H and O–H groups in total. The van der Waals surface area contributed by atoms with Crippen LogP contribution < -0.4 is 15.4 Å². The summed E-state index contributed by atoms with van der Waals surface area (Å²) in [5.41, 5.74) is 0.817. The van der Waals surface area contributed by atoms with Gasteiger partial charge in [0.05, 0.1) is 49.1 Å². The summed E-state index contributed by atoms with van der Waals surface area (Å²) in [6.07, 6.45) is 10.8. The van der Waals surface area contributed by atoms with Crippen LogP contribution in [0, 0.1) is 39.9 Å². The molecule has 3 aliphatic heterocycles. The van der Waals surface area contributed by atoms with Gasteiger partial charge in [0.15, 0.2) is 5.60 Å². The third-order valence-corrected chi connectivity index (χ3v) is 14.1. The molecule has 0 saturated carbocycles. The fourth-order valence-electron chi connectivity index (χ4n) is 9.68. The SMILES string of the molecule is O=CCCCCCCCCCCNC(=O)C(CCCCN=S=C=Nc1ccc2c(c1)C(=O)OC21c2ccc(O)cc2Oc2cc(O)ccc21)NC(=O)CN1CCN(CC(=O)O)CCN(CC(=O)O)CCN(CC(=O)O)CC1.[Gd+3]. The number of rotatable bonds is 27. The maximum absolute atomic E-state index is 13.8. The van der Waals surface area contributed by atoms with Gasteiger partial charge >= 0.3 is 63.8 Å². The molecule has 0 bridgehead atoms. The zero-order valence-electron chi connectivity index (χ0n) is 43.6. The molecule has 1 unspecified atom stereocenters. The molecule has 24 heteroatoms. The number of carbonyl (C=O) groups is 7. The minimum Gasteiger partial charge on any atom is -0.508 e. The number of phenolic OH excluding ortho intramolecular Hbond substituents is 2. The summed E-state index contributed by atoms with van der Waals surface area (Å²) in [6.45, 7) is 1.67. The molecule has 421 valence electrons. The van der Waals surface area contributed by atoms with E-state index in [9.17, 15) is 59.1 Å². The van der Waals surface area contributed by atoms with Crippen molar-refractivity contribution in [1.82, 2.24) is 30.2 Å². The third-order valence-electron chi connectivity index (χ3n) is 13.6. The van der Waals surface area contributed by atoms with Gasteiger partial charge in [-0.2, -0.15) is 4.99 Å². The van der Waals surface area contributed by atoms with Crippen molar-refractivity contribution in [2.24, 2.45) is 9.36 Å². The van der Waals surface area contributed by atoms with E-state index in [1.807, 2.05) is 0 Å². The first kappa shape index (κ1) is 63.1.